The zero-order valence-corrected chi connectivity index (χ0v) is 12.3. The predicted octanol–water partition coefficient (Wildman–Crippen LogP) is 4.54. The first-order chi connectivity index (χ1) is 9.33. The number of fused-ring (bicyclic) bond motifs is 1. The van der Waals surface area contributed by atoms with E-state index >= 15 is 0 Å². The van der Waals surface area contributed by atoms with E-state index in [1.54, 1.807) is 11.1 Å². The van der Waals surface area contributed by atoms with Crippen LogP contribution in [0.3, 0.4) is 0 Å². The minimum absolute atomic E-state index is 0.624. The van der Waals surface area contributed by atoms with Gasteiger partial charge in [0, 0.05) is 6.04 Å². The minimum atomic E-state index is 0.624. The number of rotatable bonds is 5. The fraction of sp³-hybridized carbons (Fsp3) is 0.667. The highest BCUT2D eigenvalue weighted by Crippen LogP contribution is 2.32. The monoisotopic (exact) mass is 257 g/mol. The lowest BCUT2D eigenvalue weighted by Crippen LogP contribution is -2.21. The number of aryl methyl sites for hydroxylation is 2. The molecule has 0 amide bonds. The maximum absolute atomic E-state index is 3.79. The molecule has 1 unspecified atom stereocenters. The second-order valence-electron chi connectivity index (χ2n) is 6.54. The van der Waals surface area contributed by atoms with Crippen LogP contribution in [0.5, 0.6) is 0 Å². The normalized spacial score (nSPS) is 22.9. The predicted molar refractivity (Wildman–Crippen MR) is 81.4 cm³/mol. The topological polar surface area (TPSA) is 12.0 Å². The van der Waals surface area contributed by atoms with Crippen molar-refractivity contribution in [2.24, 2.45) is 5.92 Å². The van der Waals surface area contributed by atoms with Crippen LogP contribution >= 0.6 is 0 Å². The van der Waals surface area contributed by atoms with Crippen molar-refractivity contribution in [1.29, 1.82) is 0 Å². The van der Waals surface area contributed by atoms with Crippen molar-refractivity contribution in [3.05, 3.63) is 34.9 Å². The zero-order valence-electron chi connectivity index (χ0n) is 12.3. The maximum Gasteiger partial charge on any atom is 0.0326 e. The van der Waals surface area contributed by atoms with Gasteiger partial charge in [0.1, 0.15) is 0 Å². The van der Waals surface area contributed by atoms with Crippen molar-refractivity contribution in [1.82, 2.24) is 5.32 Å². The van der Waals surface area contributed by atoms with Gasteiger partial charge in [-0.3, -0.25) is 0 Å². The molecule has 1 aromatic rings. The van der Waals surface area contributed by atoms with E-state index in [0.29, 0.717) is 6.04 Å². The Bertz CT molecular complexity index is 418. The van der Waals surface area contributed by atoms with Gasteiger partial charge in [0.15, 0.2) is 0 Å². The third kappa shape index (κ3) is 3.20. The minimum Gasteiger partial charge on any atom is -0.310 e. The Morgan fingerprint density at radius 2 is 2.00 bits per heavy atom. The van der Waals surface area contributed by atoms with E-state index < -0.39 is 0 Å². The molecule has 0 radical (unpaired) electrons. The van der Waals surface area contributed by atoms with Crippen LogP contribution in [0.4, 0.5) is 0 Å². The van der Waals surface area contributed by atoms with Gasteiger partial charge in [-0.1, -0.05) is 49.4 Å². The highest BCUT2D eigenvalue weighted by Gasteiger charge is 2.21. The van der Waals surface area contributed by atoms with Gasteiger partial charge in [0.2, 0.25) is 0 Å². The molecule has 1 N–H and O–H groups in total. The molecule has 1 saturated carbocycles. The Kier molecular flexibility index (Phi) is 4.22. The van der Waals surface area contributed by atoms with Crippen LogP contribution < -0.4 is 5.32 Å². The first kappa shape index (κ1) is 13.2. The third-order valence-corrected chi connectivity index (χ3v) is 5.03. The fourth-order valence-electron chi connectivity index (χ4n) is 3.90. The van der Waals surface area contributed by atoms with Gasteiger partial charge < -0.3 is 5.32 Å². The Morgan fingerprint density at radius 1 is 1.16 bits per heavy atom. The van der Waals surface area contributed by atoms with Crippen LogP contribution in [-0.2, 0) is 6.42 Å². The summed E-state index contributed by atoms with van der Waals surface area (Å²) in [4.78, 5) is 0. The van der Waals surface area contributed by atoms with Crippen molar-refractivity contribution in [3.8, 4) is 0 Å². The smallest absolute Gasteiger partial charge is 0.0326 e. The molecule has 0 aliphatic heterocycles. The van der Waals surface area contributed by atoms with Crippen molar-refractivity contribution in [2.45, 2.75) is 64.3 Å². The highest BCUT2D eigenvalue weighted by atomic mass is 14.9. The van der Waals surface area contributed by atoms with Gasteiger partial charge in [-0.15, -0.1) is 0 Å². The first-order valence-electron chi connectivity index (χ1n) is 8.16. The molecule has 1 heteroatoms. The van der Waals surface area contributed by atoms with E-state index in [0.717, 1.165) is 5.92 Å². The summed E-state index contributed by atoms with van der Waals surface area (Å²) >= 11 is 0. The number of hydrogen-bond donors (Lipinski definition) is 1. The summed E-state index contributed by atoms with van der Waals surface area (Å²) in [5, 5.41) is 3.79. The second-order valence-corrected chi connectivity index (χ2v) is 6.54. The maximum atomic E-state index is 3.79. The average Bonchev–Trinajstić information content (AvgIpc) is 3.04. The van der Waals surface area contributed by atoms with Gasteiger partial charge in [0.25, 0.3) is 0 Å². The quantitative estimate of drug-likeness (QED) is 0.763. The molecule has 0 saturated heterocycles. The SMILES string of the molecule is Cc1ccc2c(c1)C(NCCCC1CCCC1)CC2. The van der Waals surface area contributed by atoms with Gasteiger partial charge in [0.05, 0.1) is 0 Å². The Morgan fingerprint density at radius 3 is 2.84 bits per heavy atom. The molecular formula is C18H27N. The van der Waals surface area contributed by atoms with Crippen molar-refractivity contribution < 1.29 is 0 Å². The molecule has 1 fully saturated rings. The molecule has 2 aliphatic rings. The number of hydrogen-bond acceptors (Lipinski definition) is 1. The molecule has 2 aliphatic carbocycles. The molecule has 0 heterocycles. The molecule has 19 heavy (non-hydrogen) atoms. The highest BCUT2D eigenvalue weighted by molar-refractivity contribution is 5.37. The Labute approximate surface area is 117 Å². The lowest BCUT2D eigenvalue weighted by atomic mass is 10.0. The van der Waals surface area contributed by atoms with Crippen LogP contribution in [0.2, 0.25) is 0 Å². The molecule has 1 nitrogen and oxygen atoms in total. The standard InChI is InChI=1S/C18H27N/c1-14-8-9-16-10-11-18(17(16)13-14)19-12-4-7-15-5-2-3-6-15/h8-9,13,15,18-19H,2-7,10-12H2,1H3. The lowest BCUT2D eigenvalue weighted by molar-refractivity contribution is 0.447. The summed E-state index contributed by atoms with van der Waals surface area (Å²) in [5.74, 6) is 1.04. The third-order valence-electron chi connectivity index (χ3n) is 5.03. The zero-order chi connectivity index (χ0) is 13.1. The summed E-state index contributed by atoms with van der Waals surface area (Å²) in [6.07, 6.45) is 11.3. The number of benzene rings is 1. The van der Waals surface area contributed by atoms with Crippen LogP contribution in [0.15, 0.2) is 18.2 Å². The van der Waals surface area contributed by atoms with Crippen molar-refractivity contribution in [3.63, 3.8) is 0 Å². The van der Waals surface area contributed by atoms with Gasteiger partial charge in [-0.25, -0.2) is 0 Å². The van der Waals surface area contributed by atoms with E-state index in [4.69, 9.17) is 0 Å². The van der Waals surface area contributed by atoms with Gasteiger partial charge >= 0.3 is 0 Å². The molecule has 1 aromatic carbocycles. The summed E-state index contributed by atoms with van der Waals surface area (Å²) in [5.41, 5.74) is 4.54. The van der Waals surface area contributed by atoms with E-state index in [1.807, 2.05) is 0 Å². The first-order valence-corrected chi connectivity index (χ1v) is 8.16. The summed E-state index contributed by atoms with van der Waals surface area (Å²) in [6.45, 7) is 3.41. The van der Waals surface area contributed by atoms with E-state index in [9.17, 15) is 0 Å². The fourth-order valence-corrected chi connectivity index (χ4v) is 3.90. The summed E-state index contributed by atoms with van der Waals surface area (Å²) < 4.78 is 0. The van der Waals surface area contributed by atoms with Crippen LogP contribution in [0.1, 0.15) is 67.7 Å². The van der Waals surface area contributed by atoms with Gasteiger partial charge in [-0.2, -0.15) is 0 Å². The van der Waals surface area contributed by atoms with E-state index in [2.05, 4.69) is 30.4 Å². The summed E-state index contributed by atoms with van der Waals surface area (Å²) in [7, 11) is 0. The van der Waals surface area contributed by atoms with Crippen LogP contribution in [0, 0.1) is 12.8 Å². The van der Waals surface area contributed by atoms with Crippen molar-refractivity contribution in [2.75, 3.05) is 6.54 Å². The largest absolute Gasteiger partial charge is 0.310 e. The average molecular weight is 257 g/mol. The van der Waals surface area contributed by atoms with E-state index in [-0.39, 0.29) is 0 Å². The van der Waals surface area contributed by atoms with Gasteiger partial charge in [-0.05, 0) is 56.2 Å². The molecular weight excluding hydrogens is 230 g/mol. The Balaban J connectivity index is 1.45. The van der Waals surface area contributed by atoms with Crippen molar-refractivity contribution >= 4 is 0 Å². The molecule has 0 spiro atoms. The van der Waals surface area contributed by atoms with Crippen LogP contribution in [0.25, 0.3) is 0 Å². The number of nitrogens with one attached hydrogen (secondary N) is 1. The second kappa shape index (κ2) is 6.09. The Hall–Kier alpha value is -0.820. The molecule has 1 atom stereocenters. The van der Waals surface area contributed by atoms with E-state index in [1.165, 1.54) is 63.5 Å². The van der Waals surface area contributed by atoms with Crippen LogP contribution in [-0.4, -0.2) is 6.54 Å². The molecule has 3 rings (SSSR count). The summed E-state index contributed by atoms with van der Waals surface area (Å²) in [6, 6.07) is 7.59. The lowest BCUT2D eigenvalue weighted by Gasteiger charge is -2.15. The molecule has 0 bridgehead atoms. The molecule has 0 aromatic heterocycles. The molecule has 104 valence electrons.